The molecular formula is C18H16F4N6OS. The average molecular weight is 440 g/mol. The van der Waals surface area contributed by atoms with Crippen LogP contribution in [0.5, 0.6) is 0 Å². The van der Waals surface area contributed by atoms with Crippen LogP contribution < -0.4 is 5.32 Å². The van der Waals surface area contributed by atoms with E-state index in [-0.39, 0.29) is 40.0 Å². The Morgan fingerprint density at radius 3 is 2.73 bits per heavy atom. The molecule has 0 saturated carbocycles. The molecule has 0 spiro atoms. The van der Waals surface area contributed by atoms with Gasteiger partial charge in [0.1, 0.15) is 5.03 Å². The van der Waals surface area contributed by atoms with Gasteiger partial charge in [-0.05, 0) is 18.7 Å². The van der Waals surface area contributed by atoms with Crippen LogP contribution in [-0.2, 0) is 18.9 Å². The van der Waals surface area contributed by atoms with Crippen molar-refractivity contribution < 1.29 is 22.4 Å². The van der Waals surface area contributed by atoms with Gasteiger partial charge in [0.25, 0.3) is 0 Å². The molecule has 4 rings (SSSR count). The Morgan fingerprint density at radius 2 is 2.10 bits per heavy atom. The van der Waals surface area contributed by atoms with Gasteiger partial charge in [-0.1, -0.05) is 11.8 Å². The van der Waals surface area contributed by atoms with Gasteiger partial charge in [-0.2, -0.15) is 18.3 Å². The second-order valence-corrected chi connectivity index (χ2v) is 7.86. The third kappa shape index (κ3) is 3.88. The third-order valence-electron chi connectivity index (χ3n) is 4.80. The zero-order valence-corrected chi connectivity index (χ0v) is 16.5. The first kappa shape index (κ1) is 20.7. The van der Waals surface area contributed by atoms with Crippen molar-refractivity contribution in [3.8, 4) is 0 Å². The molecule has 3 aromatic rings. The van der Waals surface area contributed by atoms with Crippen molar-refractivity contribution in [3.05, 3.63) is 41.6 Å². The van der Waals surface area contributed by atoms with Crippen molar-refractivity contribution in [1.82, 2.24) is 30.0 Å². The fraction of sp³-hybridized carbons (Fsp3) is 0.389. The molecule has 0 bridgehead atoms. The van der Waals surface area contributed by atoms with Crippen LogP contribution in [0.1, 0.15) is 28.3 Å². The summed E-state index contributed by atoms with van der Waals surface area (Å²) in [4.78, 5) is 23.7. The zero-order chi connectivity index (χ0) is 21.5. The lowest BCUT2D eigenvalue weighted by molar-refractivity contribution is -0.145. The zero-order valence-electron chi connectivity index (χ0n) is 15.7. The Hall–Kier alpha value is -2.60. The number of aromatic nitrogens is 5. The third-order valence-corrected chi connectivity index (χ3v) is 5.79. The maximum atomic E-state index is 14.7. The number of carbonyl (C=O) groups is 1. The molecule has 30 heavy (non-hydrogen) atoms. The van der Waals surface area contributed by atoms with E-state index in [0.29, 0.717) is 18.4 Å². The van der Waals surface area contributed by atoms with E-state index in [9.17, 15) is 22.4 Å². The summed E-state index contributed by atoms with van der Waals surface area (Å²) < 4.78 is 55.3. The highest BCUT2D eigenvalue weighted by molar-refractivity contribution is 8.00. The minimum Gasteiger partial charge on any atom is -0.313 e. The van der Waals surface area contributed by atoms with Gasteiger partial charge in [-0.3, -0.25) is 14.5 Å². The predicted molar refractivity (Wildman–Crippen MR) is 101 cm³/mol. The topological polar surface area (TPSA) is 85.6 Å². The van der Waals surface area contributed by atoms with Gasteiger partial charge in [-0.25, -0.2) is 14.4 Å². The van der Waals surface area contributed by atoms with Gasteiger partial charge in [0.05, 0.1) is 23.0 Å². The van der Waals surface area contributed by atoms with Crippen LogP contribution in [0.2, 0.25) is 0 Å². The normalized spacial score (nSPS) is 19.5. The molecule has 1 unspecified atom stereocenters. The molecule has 1 aliphatic heterocycles. The number of hydrogen-bond donors (Lipinski definition) is 1. The number of hydrogen-bond acceptors (Lipinski definition) is 7. The van der Waals surface area contributed by atoms with Crippen LogP contribution in [0.3, 0.4) is 0 Å². The monoisotopic (exact) mass is 440 g/mol. The van der Waals surface area contributed by atoms with Gasteiger partial charge >= 0.3 is 6.18 Å². The van der Waals surface area contributed by atoms with Crippen molar-refractivity contribution in [1.29, 1.82) is 0 Å². The minimum atomic E-state index is -4.73. The number of nitrogens with zero attached hydrogens (tertiary/aromatic N) is 5. The first-order chi connectivity index (χ1) is 14.2. The molecule has 12 heteroatoms. The molecule has 3 aromatic heterocycles. The molecular weight excluding hydrogens is 424 g/mol. The van der Waals surface area contributed by atoms with Crippen LogP contribution >= 0.6 is 11.8 Å². The fourth-order valence-corrected chi connectivity index (χ4v) is 4.04. The maximum Gasteiger partial charge on any atom is 0.451 e. The molecule has 1 aliphatic rings. The molecule has 0 aromatic carbocycles. The highest BCUT2D eigenvalue weighted by atomic mass is 32.2. The van der Waals surface area contributed by atoms with Crippen LogP contribution in [0.15, 0.2) is 29.6 Å². The number of pyridine rings is 1. The highest BCUT2D eigenvalue weighted by Gasteiger charge is 2.37. The lowest BCUT2D eigenvalue weighted by Crippen LogP contribution is -2.24. The summed E-state index contributed by atoms with van der Waals surface area (Å²) in [5.74, 6) is -1.82. The van der Waals surface area contributed by atoms with Crippen molar-refractivity contribution in [2.24, 2.45) is 7.05 Å². The molecule has 0 aliphatic carbocycles. The van der Waals surface area contributed by atoms with Crippen molar-refractivity contribution >= 4 is 28.6 Å². The maximum absolute atomic E-state index is 14.7. The van der Waals surface area contributed by atoms with Gasteiger partial charge in [-0.15, -0.1) is 0 Å². The molecule has 1 N–H and O–H groups in total. The smallest absolute Gasteiger partial charge is 0.313 e. The summed E-state index contributed by atoms with van der Waals surface area (Å²) in [6.45, 7) is 0.719. The lowest BCUT2D eigenvalue weighted by Gasteiger charge is -2.17. The Labute approximate surface area is 172 Å². The predicted octanol–water partition coefficient (Wildman–Crippen LogP) is 2.91. The number of Topliss-reactive ketones (excluding diaryl/α,β-unsaturated/α-hetero) is 1. The molecule has 4 heterocycles. The minimum absolute atomic E-state index is 0.0121. The van der Waals surface area contributed by atoms with Crippen molar-refractivity contribution in [2.45, 2.75) is 23.3 Å². The van der Waals surface area contributed by atoms with Gasteiger partial charge in [0, 0.05) is 31.8 Å². The number of fused-ring (bicyclic) bond motifs is 1. The number of ketones is 1. The molecule has 0 radical (unpaired) electrons. The van der Waals surface area contributed by atoms with Crippen molar-refractivity contribution in [2.75, 3.05) is 18.8 Å². The molecule has 0 amide bonds. The largest absolute Gasteiger partial charge is 0.451 e. The quantitative estimate of drug-likeness (QED) is 0.283. The summed E-state index contributed by atoms with van der Waals surface area (Å²) in [5.41, 5.74) is -1.04. The van der Waals surface area contributed by atoms with Crippen LogP contribution in [0.25, 0.3) is 11.0 Å². The van der Waals surface area contributed by atoms with E-state index in [1.165, 1.54) is 36.3 Å². The van der Waals surface area contributed by atoms with Crippen molar-refractivity contribution in [3.63, 3.8) is 0 Å². The summed E-state index contributed by atoms with van der Waals surface area (Å²) in [5, 5.41) is 7.19. The highest BCUT2D eigenvalue weighted by Crippen LogP contribution is 2.33. The number of nitrogens with one attached hydrogen (secondary N) is 1. The molecule has 1 fully saturated rings. The second-order valence-electron chi connectivity index (χ2n) is 6.89. The number of rotatable bonds is 5. The van der Waals surface area contributed by atoms with E-state index >= 15 is 0 Å². The number of halogens is 4. The van der Waals surface area contributed by atoms with Crippen LogP contribution in [-0.4, -0.2) is 49.4 Å². The number of carbonyl (C=O) groups excluding carboxylic acids is 1. The average Bonchev–Trinajstić information content (AvgIpc) is 3.32. The lowest BCUT2D eigenvalue weighted by atomic mass is 9.99. The van der Waals surface area contributed by atoms with E-state index in [0.717, 1.165) is 11.8 Å². The van der Waals surface area contributed by atoms with E-state index in [2.05, 4.69) is 25.4 Å². The summed E-state index contributed by atoms with van der Waals surface area (Å²) >= 11 is 0.859. The number of alkyl halides is 4. The fourth-order valence-electron chi connectivity index (χ4n) is 3.15. The van der Waals surface area contributed by atoms with Crippen LogP contribution in [0.4, 0.5) is 17.6 Å². The first-order valence-electron chi connectivity index (χ1n) is 8.96. The Bertz CT molecular complexity index is 1090. The Morgan fingerprint density at radius 1 is 1.30 bits per heavy atom. The van der Waals surface area contributed by atoms with Gasteiger partial charge in [0.15, 0.2) is 17.1 Å². The standard InChI is InChI=1S/C18H16F4N6OS/c1-28-14-11(7-25-28)15(27-16(26-14)18(20,21)22)30-8-12(29)10-2-3-13(24-6-10)17(19)4-5-23-9-17/h2-3,6-7,23H,4-5,8-9H2,1H3. The van der Waals surface area contributed by atoms with E-state index < -0.39 is 17.7 Å². The van der Waals surface area contributed by atoms with E-state index in [1.54, 1.807) is 0 Å². The van der Waals surface area contributed by atoms with Gasteiger partial charge < -0.3 is 5.32 Å². The van der Waals surface area contributed by atoms with E-state index in [4.69, 9.17) is 0 Å². The summed E-state index contributed by atoms with van der Waals surface area (Å²) in [6, 6.07) is 2.95. The summed E-state index contributed by atoms with van der Waals surface area (Å²) in [7, 11) is 1.47. The SMILES string of the molecule is Cn1ncc2c(SCC(=O)c3ccc(C4(F)CCNC4)nc3)nc(C(F)(F)F)nc21. The first-order valence-corrected chi connectivity index (χ1v) is 9.95. The summed E-state index contributed by atoms with van der Waals surface area (Å²) in [6.07, 6.45) is -1.78. The van der Waals surface area contributed by atoms with Crippen LogP contribution in [0, 0.1) is 0 Å². The molecule has 1 atom stereocenters. The molecule has 7 nitrogen and oxygen atoms in total. The Balaban J connectivity index is 1.53. The molecule has 158 valence electrons. The second kappa shape index (κ2) is 7.58. The van der Waals surface area contributed by atoms with E-state index in [1.807, 2.05) is 0 Å². The Kier molecular flexibility index (Phi) is 5.22. The number of thioether (sulfide) groups is 1. The number of aryl methyl sites for hydroxylation is 1. The molecule has 1 saturated heterocycles. The van der Waals surface area contributed by atoms with Gasteiger partial charge in [0.2, 0.25) is 5.82 Å².